The monoisotopic (exact) mass is 323 g/mol. The van der Waals surface area contributed by atoms with Gasteiger partial charge in [0.05, 0.1) is 11.4 Å². The third-order valence-electron chi connectivity index (χ3n) is 4.17. The molecule has 0 bridgehead atoms. The molecule has 2 N–H and O–H groups in total. The first-order chi connectivity index (χ1) is 11.5. The number of hydrogen-bond donors (Lipinski definition) is 2. The number of aryl methyl sites for hydroxylation is 2. The molecule has 1 atom stereocenters. The molecular formula is C19H21N3O2. The van der Waals surface area contributed by atoms with Crippen molar-refractivity contribution in [3.05, 3.63) is 53.6 Å². The summed E-state index contributed by atoms with van der Waals surface area (Å²) in [5.74, 6) is -0.314. The van der Waals surface area contributed by atoms with Crippen LogP contribution in [0.2, 0.25) is 0 Å². The Morgan fingerprint density at radius 1 is 1.21 bits per heavy atom. The van der Waals surface area contributed by atoms with Gasteiger partial charge in [0.1, 0.15) is 12.6 Å². The van der Waals surface area contributed by atoms with E-state index in [4.69, 9.17) is 0 Å². The average Bonchev–Trinajstić information content (AvgIpc) is 2.55. The zero-order valence-corrected chi connectivity index (χ0v) is 14.1. The predicted molar refractivity (Wildman–Crippen MR) is 96.4 cm³/mol. The van der Waals surface area contributed by atoms with Crippen molar-refractivity contribution in [2.45, 2.75) is 26.8 Å². The number of carbonyl (C=O) groups is 2. The van der Waals surface area contributed by atoms with E-state index in [9.17, 15) is 9.59 Å². The second kappa shape index (κ2) is 6.35. The lowest BCUT2D eigenvalue weighted by atomic mass is 10.1. The van der Waals surface area contributed by atoms with Crippen LogP contribution in [0.1, 0.15) is 18.1 Å². The van der Waals surface area contributed by atoms with E-state index in [2.05, 4.69) is 10.6 Å². The second-order valence-electron chi connectivity index (χ2n) is 6.17. The lowest BCUT2D eigenvalue weighted by molar-refractivity contribution is -0.122. The molecule has 5 heteroatoms. The number of para-hydroxylation sites is 2. The molecule has 0 saturated carbocycles. The number of anilines is 3. The highest BCUT2D eigenvalue weighted by Gasteiger charge is 2.30. The molecule has 2 amide bonds. The molecule has 3 rings (SSSR count). The van der Waals surface area contributed by atoms with Crippen LogP contribution in [0.4, 0.5) is 17.1 Å². The normalized spacial score (nSPS) is 16.4. The minimum Gasteiger partial charge on any atom is -0.372 e. The molecule has 2 aromatic carbocycles. The van der Waals surface area contributed by atoms with Gasteiger partial charge in [-0.2, -0.15) is 0 Å². The summed E-state index contributed by atoms with van der Waals surface area (Å²) in [7, 11) is 0. The molecule has 0 fully saturated rings. The standard InChI is InChI=1S/C19H21N3O2/c1-12-8-9-13(2)16(10-12)21-18(23)11-22-17-7-5-4-6-15(17)20-14(3)19(22)24/h4-10,14,20H,11H2,1-3H3,(H,21,23). The Kier molecular flexibility index (Phi) is 4.25. The summed E-state index contributed by atoms with van der Waals surface area (Å²) in [5, 5.41) is 6.07. The average molecular weight is 323 g/mol. The number of fused-ring (bicyclic) bond motifs is 1. The van der Waals surface area contributed by atoms with Crippen molar-refractivity contribution in [2.75, 3.05) is 22.1 Å². The largest absolute Gasteiger partial charge is 0.372 e. The molecule has 24 heavy (non-hydrogen) atoms. The van der Waals surface area contributed by atoms with Crippen LogP contribution in [-0.4, -0.2) is 24.4 Å². The van der Waals surface area contributed by atoms with Gasteiger partial charge in [-0.1, -0.05) is 24.3 Å². The van der Waals surface area contributed by atoms with Crippen LogP contribution in [0.3, 0.4) is 0 Å². The van der Waals surface area contributed by atoms with Crippen LogP contribution in [0.25, 0.3) is 0 Å². The van der Waals surface area contributed by atoms with E-state index in [1.165, 1.54) is 4.90 Å². The van der Waals surface area contributed by atoms with Crippen LogP contribution in [0, 0.1) is 13.8 Å². The lowest BCUT2D eigenvalue weighted by Crippen LogP contribution is -2.48. The van der Waals surface area contributed by atoms with Gasteiger partial charge in [-0.15, -0.1) is 0 Å². The van der Waals surface area contributed by atoms with Crippen LogP contribution < -0.4 is 15.5 Å². The molecule has 124 valence electrons. The summed E-state index contributed by atoms with van der Waals surface area (Å²) in [5.41, 5.74) is 4.45. The lowest BCUT2D eigenvalue weighted by Gasteiger charge is -2.33. The van der Waals surface area contributed by atoms with Crippen molar-refractivity contribution in [1.29, 1.82) is 0 Å². The van der Waals surface area contributed by atoms with Gasteiger partial charge in [-0.05, 0) is 50.1 Å². The van der Waals surface area contributed by atoms with Crippen LogP contribution in [0.15, 0.2) is 42.5 Å². The summed E-state index contributed by atoms with van der Waals surface area (Å²) in [4.78, 5) is 26.5. The maximum atomic E-state index is 12.5. The van der Waals surface area contributed by atoms with E-state index in [0.29, 0.717) is 0 Å². The number of nitrogens with zero attached hydrogens (tertiary/aromatic N) is 1. The zero-order valence-electron chi connectivity index (χ0n) is 14.1. The maximum Gasteiger partial charge on any atom is 0.249 e. The molecular weight excluding hydrogens is 302 g/mol. The highest BCUT2D eigenvalue weighted by atomic mass is 16.2. The number of nitrogens with one attached hydrogen (secondary N) is 2. The Morgan fingerprint density at radius 2 is 1.96 bits per heavy atom. The fourth-order valence-electron chi connectivity index (χ4n) is 2.85. The molecule has 1 aliphatic heterocycles. The van der Waals surface area contributed by atoms with E-state index in [1.54, 1.807) is 6.92 Å². The fourth-order valence-corrected chi connectivity index (χ4v) is 2.85. The van der Waals surface area contributed by atoms with Crippen molar-refractivity contribution in [3.8, 4) is 0 Å². The Balaban J connectivity index is 1.81. The van der Waals surface area contributed by atoms with Gasteiger partial charge in [0.15, 0.2) is 0 Å². The van der Waals surface area contributed by atoms with Crippen LogP contribution >= 0.6 is 0 Å². The molecule has 0 saturated heterocycles. The Hall–Kier alpha value is -2.82. The van der Waals surface area contributed by atoms with Crippen LogP contribution in [-0.2, 0) is 9.59 Å². The van der Waals surface area contributed by atoms with Gasteiger partial charge in [0.25, 0.3) is 0 Å². The smallest absolute Gasteiger partial charge is 0.249 e. The number of amides is 2. The van der Waals surface area contributed by atoms with Crippen molar-refractivity contribution in [1.82, 2.24) is 0 Å². The number of carbonyl (C=O) groups excluding carboxylic acids is 2. The molecule has 0 radical (unpaired) electrons. The van der Waals surface area contributed by atoms with Crippen molar-refractivity contribution in [3.63, 3.8) is 0 Å². The molecule has 0 spiro atoms. The van der Waals surface area contributed by atoms with E-state index in [0.717, 1.165) is 28.2 Å². The van der Waals surface area contributed by atoms with Crippen molar-refractivity contribution < 1.29 is 9.59 Å². The minimum absolute atomic E-state index is 0.00471. The quantitative estimate of drug-likeness (QED) is 0.912. The maximum absolute atomic E-state index is 12.5. The molecule has 0 aromatic heterocycles. The summed E-state index contributed by atoms with van der Waals surface area (Å²) >= 11 is 0. The zero-order chi connectivity index (χ0) is 17.3. The highest BCUT2D eigenvalue weighted by Crippen LogP contribution is 2.31. The number of benzene rings is 2. The molecule has 1 aliphatic rings. The summed E-state index contributed by atoms with van der Waals surface area (Å²) < 4.78 is 0. The van der Waals surface area contributed by atoms with E-state index < -0.39 is 0 Å². The third-order valence-corrected chi connectivity index (χ3v) is 4.17. The van der Waals surface area contributed by atoms with Gasteiger partial charge >= 0.3 is 0 Å². The van der Waals surface area contributed by atoms with Gasteiger partial charge in [-0.25, -0.2) is 0 Å². The van der Waals surface area contributed by atoms with Crippen molar-refractivity contribution >= 4 is 28.9 Å². The topological polar surface area (TPSA) is 61.4 Å². The van der Waals surface area contributed by atoms with Crippen molar-refractivity contribution in [2.24, 2.45) is 0 Å². The molecule has 1 heterocycles. The third kappa shape index (κ3) is 3.11. The SMILES string of the molecule is Cc1ccc(C)c(NC(=O)CN2C(=O)C(C)Nc3ccccc32)c1. The predicted octanol–water partition coefficient (Wildman–Crippen LogP) is 3.09. The van der Waals surface area contributed by atoms with E-state index in [-0.39, 0.29) is 24.4 Å². The van der Waals surface area contributed by atoms with Gasteiger partial charge in [-0.3, -0.25) is 14.5 Å². The minimum atomic E-state index is -0.353. The highest BCUT2D eigenvalue weighted by molar-refractivity contribution is 6.09. The first-order valence-electron chi connectivity index (χ1n) is 8.00. The molecule has 0 aliphatic carbocycles. The molecule has 5 nitrogen and oxygen atoms in total. The van der Waals surface area contributed by atoms with Gasteiger partial charge in [0, 0.05) is 5.69 Å². The van der Waals surface area contributed by atoms with E-state index >= 15 is 0 Å². The molecule has 2 aromatic rings. The Morgan fingerprint density at radius 3 is 2.75 bits per heavy atom. The Bertz CT molecular complexity index is 801. The number of hydrogen-bond acceptors (Lipinski definition) is 3. The van der Waals surface area contributed by atoms with Gasteiger partial charge in [0.2, 0.25) is 11.8 Å². The summed E-state index contributed by atoms with van der Waals surface area (Å²) in [6.45, 7) is 5.72. The second-order valence-corrected chi connectivity index (χ2v) is 6.17. The summed E-state index contributed by atoms with van der Waals surface area (Å²) in [6, 6.07) is 13.1. The Labute approximate surface area is 141 Å². The van der Waals surface area contributed by atoms with E-state index in [1.807, 2.05) is 56.3 Å². The first kappa shape index (κ1) is 16.1. The van der Waals surface area contributed by atoms with Crippen LogP contribution in [0.5, 0.6) is 0 Å². The van der Waals surface area contributed by atoms with Gasteiger partial charge < -0.3 is 10.6 Å². The summed E-state index contributed by atoms with van der Waals surface area (Å²) in [6.07, 6.45) is 0. The molecule has 1 unspecified atom stereocenters. The first-order valence-corrected chi connectivity index (χ1v) is 8.00. The fraction of sp³-hybridized carbons (Fsp3) is 0.263. The number of rotatable bonds is 3.